The maximum atomic E-state index is 13.9. The molecular weight excluding hydrogens is 440 g/mol. The lowest BCUT2D eigenvalue weighted by Crippen LogP contribution is -2.55. The van der Waals surface area contributed by atoms with Crippen molar-refractivity contribution in [2.45, 2.75) is 37.1 Å². The number of carbonyl (C=O) groups excluding carboxylic acids is 3. The number of benzene rings is 1. The van der Waals surface area contributed by atoms with Gasteiger partial charge in [0.1, 0.15) is 17.1 Å². The molecule has 1 N–H and O–H groups in total. The van der Waals surface area contributed by atoms with Gasteiger partial charge in [-0.1, -0.05) is 19.1 Å². The molecule has 34 heavy (non-hydrogen) atoms. The molecule has 3 fully saturated rings. The van der Waals surface area contributed by atoms with Gasteiger partial charge in [-0.15, -0.1) is 0 Å². The first-order chi connectivity index (χ1) is 16.5. The van der Waals surface area contributed by atoms with E-state index in [1.807, 2.05) is 19.1 Å². The third kappa shape index (κ3) is 2.45. The number of amides is 2. The molecule has 2 amide bonds. The summed E-state index contributed by atoms with van der Waals surface area (Å²) in [5, 5.41) is 2.92. The second-order valence-electron chi connectivity index (χ2n) is 9.54. The summed E-state index contributed by atoms with van der Waals surface area (Å²) in [6.45, 7) is 1.98. The SMILES string of the molecule is C[C@@H]1C(=O)C[C@@H](c2ccco2)N2C(=O)[C@@H]3[C@H](C(=O)Nc4ccc5c(c4)OCO5)[C@@H]4C=C[C@@]3(O4)[C@H]12. The molecule has 174 valence electrons. The highest BCUT2D eigenvalue weighted by atomic mass is 16.7. The van der Waals surface area contributed by atoms with Gasteiger partial charge in [-0.05, 0) is 24.3 Å². The minimum absolute atomic E-state index is 0.0548. The van der Waals surface area contributed by atoms with Gasteiger partial charge in [-0.3, -0.25) is 14.4 Å². The van der Waals surface area contributed by atoms with Crippen molar-refractivity contribution >= 4 is 23.3 Å². The first-order valence-corrected chi connectivity index (χ1v) is 11.4. The number of nitrogens with zero attached hydrogens (tertiary/aromatic N) is 1. The van der Waals surface area contributed by atoms with Crippen LogP contribution in [0.15, 0.2) is 53.2 Å². The highest BCUT2D eigenvalue weighted by Crippen LogP contribution is 2.60. The van der Waals surface area contributed by atoms with Gasteiger partial charge in [-0.2, -0.15) is 0 Å². The lowest BCUT2D eigenvalue weighted by molar-refractivity contribution is -0.147. The Morgan fingerprint density at radius 1 is 1.18 bits per heavy atom. The maximum Gasteiger partial charge on any atom is 0.231 e. The van der Waals surface area contributed by atoms with E-state index in [0.717, 1.165) is 0 Å². The number of rotatable bonds is 3. The molecule has 0 saturated carbocycles. The molecule has 0 aliphatic carbocycles. The van der Waals surface area contributed by atoms with Gasteiger partial charge in [0.2, 0.25) is 18.6 Å². The molecule has 3 saturated heterocycles. The number of carbonyl (C=O) groups is 3. The predicted octanol–water partition coefficient (Wildman–Crippen LogP) is 2.45. The largest absolute Gasteiger partial charge is 0.467 e. The highest BCUT2D eigenvalue weighted by molar-refractivity contribution is 6.01. The molecular formula is C25H22N2O7. The van der Waals surface area contributed by atoms with Crippen LogP contribution in [0.2, 0.25) is 0 Å². The van der Waals surface area contributed by atoms with E-state index in [1.54, 1.807) is 35.2 Å². The number of hydrogen-bond acceptors (Lipinski definition) is 7. The Hall–Kier alpha value is -3.59. The van der Waals surface area contributed by atoms with Crippen molar-refractivity contribution in [2.24, 2.45) is 17.8 Å². The second-order valence-corrected chi connectivity index (χ2v) is 9.54. The van der Waals surface area contributed by atoms with Crippen LogP contribution >= 0.6 is 0 Å². The van der Waals surface area contributed by atoms with Crippen molar-refractivity contribution in [1.29, 1.82) is 0 Å². The van der Waals surface area contributed by atoms with E-state index in [2.05, 4.69) is 5.32 Å². The number of nitrogens with one attached hydrogen (secondary N) is 1. The van der Waals surface area contributed by atoms with Gasteiger partial charge in [0.25, 0.3) is 0 Å². The third-order valence-corrected chi connectivity index (χ3v) is 7.89. The van der Waals surface area contributed by atoms with Gasteiger partial charge in [-0.25, -0.2) is 0 Å². The minimum Gasteiger partial charge on any atom is -0.467 e. The third-order valence-electron chi connectivity index (χ3n) is 7.89. The summed E-state index contributed by atoms with van der Waals surface area (Å²) in [4.78, 5) is 42.2. The zero-order valence-corrected chi connectivity index (χ0v) is 18.3. The molecule has 1 spiro atoms. The number of anilines is 1. The Morgan fingerprint density at radius 2 is 2.03 bits per heavy atom. The van der Waals surface area contributed by atoms with Crippen molar-refractivity contribution in [3.05, 3.63) is 54.5 Å². The minimum atomic E-state index is -1.01. The molecule has 1 aromatic heterocycles. The number of piperidine rings is 1. The molecule has 5 aliphatic rings. The van der Waals surface area contributed by atoms with Crippen LogP contribution in [-0.2, 0) is 19.1 Å². The average Bonchev–Trinajstić information content (AvgIpc) is 3.64. The van der Waals surface area contributed by atoms with Crippen LogP contribution in [0.3, 0.4) is 0 Å². The zero-order valence-electron chi connectivity index (χ0n) is 18.3. The lowest BCUT2D eigenvalue weighted by Gasteiger charge is -2.43. The summed E-state index contributed by atoms with van der Waals surface area (Å²) >= 11 is 0. The Morgan fingerprint density at radius 3 is 2.85 bits per heavy atom. The molecule has 6 heterocycles. The van der Waals surface area contributed by atoms with Crippen LogP contribution in [0.1, 0.15) is 25.1 Å². The van der Waals surface area contributed by atoms with E-state index >= 15 is 0 Å². The first kappa shape index (κ1) is 19.8. The van der Waals surface area contributed by atoms with E-state index in [9.17, 15) is 14.4 Å². The molecule has 9 heteroatoms. The second kappa shape index (κ2) is 6.73. The number of ether oxygens (including phenoxy) is 3. The summed E-state index contributed by atoms with van der Waals surface area (Å²) in [7, 11) is 0. The van der Waals surface area contributed by atoms with Gasteiger partial charge < -0.3 is 28.8 Å². The Bertz CT molecular complexity index is 1250. The zero-order chi connectivity index (χ0) is 23.2. The number of ketones is 1. The molecule has 2 bridgehead atoms. The van der Waals surface area contributed by atoms with Gasteiger partial charge >= 0.3 is 0 Å². The monoisotopic (exact) mass is 462 g/mol. The summed E-state index contributed by atoms with van der Waals surface area (Å²) in [6.07, 6.45) is 4.93. The fourth-order valence-corrected chi connectivity index (χ4v) is 6.46. The maximum absolute atomic E-state index is 13.9. The van der Waals surface area contributed by atoms with Crippen LogP contribution in [0.4, 0.5) is 5.69 Å². The molecule has 9 nitrogen and oxygen atoms in total. The van der Waals surface area contributed by atoms with Crippen molar-refractivity contribution < 1.29 is 33.0 Å². The summed E-state index contributed by atoms with van der Waals surface area (Å²) in [5.74, 6) is -0.534. The molecule has 1 aromatic carbocycles. The average molecular weight is 462 g/mol. The number of hydrogen-bond donors (Lipinski definition) is 1. The number of Topliss-reactive ketones (excluding diaryl/α,β-unsaturated/α-hetero) is 1. The Kier molecular flexibility index (Phi) is 3.92. The predicted molar refractivity (Wildman–Crippen MR) is 116 cm³/mol. The molecule has 7 rings (SSSR count). The summed E-state index contributed by atoms with van der Waals surface area (Å²) in [6, 6.07) is 7.69. The number of furan rings is 1. The molecule has 7 atom stereocenters. The molecule has 5 aliphatic heterocycles. The molecule has 0 unspecified atom stereocenters. The summed E-state index contributed by atoms with van der Waals surface area (Å²) in [5.41, 5.74) is -0.464. The van der Waals surface area contributed by atoms with E-state index in [-0.39, 0.29) is 30.8 Å². The topological polar surface area (TPSA) is 107 Å². The van der Waals surface area contributed by atoms with Crippen molar-refractivity contribution in [3.8, 4) is 11.5 Å². The Balaban J connectivity index is 1.24. The van der Waals surface area contributed by atoms with Crippen LogP contribution in [0.25, 0.3) is 0 Å². The van der Waals surface area contributed by atoms with Crippen molar-refractivity contribution in [1.82, 2.24) is 4.90 Å². The Labute approximate surface area is 194 Å². The quantitative estimate of drug-likeness (QED) is 0.698. The van der Waals surface area contributed by atoms with E-state index in [1.165, 1.54) is 6.26 Å². The fraction of sp³-hybridized carbons (Fsp3) is 0.400. The van der Waals surface area contributed by atoms with Crippen LogP contribution in [-0.4, -0.2) is 47.0 Å². The van der Waals surface area contributed by atoms with E-state index < -0.39 is 41.5 Å². The standard InChI is InChI=1S/C25H22N2O7/c1-12-15(28)10-14(16-3-2-8-31-16)27-22(12)25-7-6-18(34-25)20(21(25)24(27)30)23(29)26-13-4-5-17-19(9-13)33-11-32-17/h2-9,12,14,18,20-22H,10-11H2,1H3,(H,26,29)/t12-,14+,18+,20-,21+,22+,25+/m1/s1. The van der Waals surface area contributed by atoms with Crippen molar-refractivity contribution in [3.63, 3.8) is 0 Å². The van der Waals surface area contributed by atoms with Crippen LogP contribution in [0.5, 0.6) is 11.5 Å². The normalized spacial score (nSPS) is 36.7. The first-order valence-electron chi connectivity index (χ1n) is 11.4. The highest BCUT2D eigenvalue weighted by Gasteiger charge is 2.74. The lowest BCUT2D eigenvalue weighted by atomic mass is 9.70. The van der Waals surface area contributed by atoms with Crippen molar-refractivity contribution in [2.75, 3.05) is 12.1 Å². The smallest absolute Gasteiger partial charge is 0.231 e. The van der Waals surface area contributed by atoms with Gasteiger partial charge in [0, 0.05) is 24.1 Å². The van der Waals surface area contributed by atoms with Gasteiger partial charge in [0.15, 0.2) is 11.5 Å². The van der Waals surface area contributed by atoms with Gasteiger partial charge in [0.05, 0.1) is 36.3 Å². The molecule has 2 aromatic rings. The van der Waals surface area contributed by atoms with Crippen LogP contribution in [0, 0.1) is 17.8 Å². The fourth-order valence-electron chi connectivity index (χ4n) is 6.46. The van der Waals surface area contributed by atoms with E-state index in [0.29, 0.717) is 22.9 Å². The number of fused-ring (bicyclic) bond motifs is 3. The van der Waals surface area contributed by atoms with Crippen LogP contribution < -0.4 is 14.8 Å². The van der Waals surface area contributed by atoms with E-state index in [4.69, 9.17) is 18.6 Å². The molecule has 0 radical (unpaired) electrons. The summed E-state index contributed by atoms with van der Waals surface area (Å²) < 4.78 is 22.7.